The number of nitrogens with two attached hydrogens (primary N) is 1. The van der Waals surface area contributed by atoms with E-state index in [2.05, 4.69) is 40.3 Å². The van der Waals surface area contributed by atoms with E-state index in [1.165, 1.54) is 0 Å². The lowest BCUT2D eigenvalue weighted by Crippen LogP contribution is -2.16. The predicted molar refractivity (Wildman–Crippen MR) is 129 cm³/mol. The van der Waals surface area contributed by atoms with Gasteiger partial charge in [-0.25, -0.2) is 4.99 Å². The van der Waals surface area contributed by atoms with Gasteiger partial charge in [-0.05, 0) is 17.7 Å². The number of para-hydroxylation sites is 1. The summed E-state index contributed by atoms with van der Waals surface area (Å²) in [5.41, 5.74) is 11.9. The van der Waals surface area contributed by atoms with Gasteiger partial charge in [-0.1, -0.05) is 84.9 Å². The zero-order valence-electron chi connectivity index (χ0n) is 17.1. The molecule has 0 spiro atoms. The molecule has 0 bridgehead atoms. The Morgan fingerprint density at radius 2 is 1.48 bits per heavy atom. The van der Waals surface area contributed by atoms with Crippen LogP contribution in [0.25, 0.3) is 33.1 Å². The molecule has 0 aliphatic rings. The van der Waals surface area contributed by atoms with E-state index in [0.29, 0.717) is 11.7 Å². The maximum atomic E-state index is 6.34. The Morgan fingerprint density at radius 3 is 2.23 bits per heavy atom. The molecule has 1 aromatic heterocycles. The molecule has 2 N–H and O–H groups in total. The second kappa shape index (κ2) is 7.92. The highest BCUT2D eigenvalue weighted by Gasteiger charge is 2.13. The van der Waals surface area contributed by atoms with E-state index in [0.717, 1.165) is 44.2 Å². The largest absolute Gasteiger partial charge is 0.455 e. The number of fused-ring (bicyclic) bond motifs is 3. The first-order valence-corrected chi connectivity index (χ1v) is 10.1. The van der Waals surface area contributed by atoms with E-state index in [1.54, 1.807) is 7.05 Å². The number of furan rings is 1. The number of hydrogen-bond acceptors (Lipinski definition) is 2. The van der Waals surface area contributed by atoms with Gasteiger partial charge in [0.15, 0.2) is 5.84 Å². The van der Waals surface area contributed by atoms with Crippen LogP contribution in [0.5, 0.6) is 0 Å². The van der Waals surface area contributed by atoms with Crippen molar-refractivity contribution >= 4 is 33.6 Å². The third kappa shape index (κ3) is 3.49. The van der Waals surface area contributed by atoms with Crippen LogP contribution in [0, 0.1) is 0 Å². The molecule has 0 aliphatic heterocycles. The van der Waals surface area contributed by atoms with Gasteiger partial charge >= 0.3 is 0 Å². The van der Waals surface area contributed by atoms with Crippen LogP contribution in [0.4, 0.5) is 0 Å². The van der Waals surface area contributed by atoms with Gasteiger partial charge in [0, 0.05) is 34.5 Å². The van der Waals surface area contributed by atoms with Crippen LogP contribution in [-0.4, -0.2) is 18.7 Å². The summed E-state index contributed by atoms with van der Waals surface area (Å²) in [5.74, 6) is 0.990. The second-order valence-electron chi connectivity index (χ2n) is 7.27. The van der Waals surface area contributed by atoms with Crippen molar-refractivity contribution in [1.82, 2.24) is 0 Å². The number of benzene rings is 4. The standard InChI is InChI=1S/C27H21N3O/c1-29-27(19-11-6-3-7-12-19)30-26(28)20-15-16-22-23-14-8-13-21(18-9-4-2-5-10-18)25(23)31-24(22)17-20/h2-17H,1H3,(H2,28,29,30). The summed E-state index contributed by atoms with van der Waals surface area (Å²) >= 11 is 0. The van der Waals surface area contributed by atoms with Gasteiger partial charge in [-0.3, -0.25) is 4.99 Å². The van der Waals surface area contributed by atoms with Crippen molar-refractivity contribution in [2.45, 2.75) is 0 Å². The van der Waals surface area contributed by atoms with Crippen molar-refractivity contribution in [2.75, 3.05) is 7.05 Å². The molecule has 5 aromatic rings. The fourth-order valence-electron chi connectivity index (χ4n) is 3.81. The van der Waals surface area contributed by atoms with Gasteiger partial charge in [-0.2, -0.15) is 0 Å². The summed E-state index contributed by atoms with van der Waals surface area (Å²) < 4.78 is 6.30. The minimum absolute atomic E-state index is 0.398. The molecular formula is C27H21N3O. The zero-order chi connectivity index (χ0) is 21.2. The summed E-state index contributed by atoms with van der Waals surface area (Å²) in [6.07, 6.45) is 0. The first-order chi connectivity index (χ1) is 15.2. The maximum absolute atomic E-state index is 6.34. The number of amidine groups is 2. The summed E-state index contributed by atoms with van der Waals surface area (Å²) in [4.78, 5) is 8.86. The lowest BCUT2D eigenvalue weighted by molar-refractivity contribution is 0.670. The number of aliphatic imine (C=N–C) groups is 2. The average Bonchev–Trinajstić information content (AvgIpc) is 3.21. The van der Waals surface area contributed by atoms with Crippen molar-refractivity contribution in [2.24, 2.45) is 15.7 Å². The summed E-state index contributed by atoms with van der Waals surface area (Å²) in [7, 11) is 1.71. The zero-order valence-corrected chi connectivity index (χ0v) is 17.1. The highest BCUT2D eigenvalue weighted by molar-refractivity contribution is 6.14. The Hall–Kier alpha value is -4.18. The van der Waals surface area contributed by atoms with E-state index < -0.39 is 0 Å². The SMILES string of the molecule is CN=C(N=C(N)c1ccc2c(c1)oc1c(-c3ccccc3)cccc12)c1ccccc1. The Bertz CT molecular complexity index is 1430. The number of nitrogens with zero attached hydrogens (tertiary/aromatic N) is 2. The van der Waals surface area contributed by atoms with Crippen molar-refractivity contribution in [1.29, 1.82) is 0 Å². The molecule has 0 unspecified atom stereocenters. The summed E-state index contributed by atoms with van der Waals surface area (Å²) in [5, 5.41) is 2.13. The van der Waals surface area contributed by atoms with Crippen molar-refractivity contribution in [3.05, 3.63) is 108 Å². The lowest BCUT2D eigenvalue weighted by atomic mass is 10.0. The number of rotatable bonds is 3. The van der Waals surface area contributed by atoms with Crippen molar-refractivity contribution in [3.8, 4) is 11.1 Å². The van der Waals surface area contributed by atoms with Crippen LogP contribution in [0.3, 0.4) is 0 Å². The van der Waals surface area contributed by atoms with Gasteiger partial charge < -0.3 is 10.2 Å². The van der Waals surface area contributed by atoms with Gasteiger partial charge in [-0.15, -0.1) is 0 Å². The Balaban J connectivity index is 1.60. The number of hydrogen-bond donors (Lipinski definition) is 1. The molecule has 4 heteroatoms. The normalized spacial score (nSPS) is 12.5. The van der Waals surface area contributed by atoms with Crippen LogP contribution in [0.1, 0.15) is 11.1 Å². The van der Waals surface area contributed by atoms with Gasteiger partial charge in [0.1, 0.15) is 17.0 Å². The van der Waals surface area contributed by atoms with Crippen molar-refractivity contribution < 1.29 is 4.42 Å². The maximum Gasteiger partial charge on any atom is 0.156 e. The minimum Gasteiger partial charge on any atom is -0.455 e. The molecule has 1 heterocycles. The second-order valence-corrected chi connectivity index (χ2v) is 7.27. The van der Waals surface area contributed by atoms with E-state index in [-0.39, 0.29) is 0 Å². The highest BCUT2D eigenvalue weighted by atomic mass is 16.3. The molecule has 5 rings (SSSR count). The molecular weight excluding hydrogens is 382 g/mol. The minimum atomic E-state index is 0.398. The molecule has 0 saturated carbocycles. The van der Waals surface area contributed by atoms with Crippen LogP contribution in [0.2, 0.25) is 0 Å². The van der Waals surface area contributed by atoms with Gasteiger partial charge in [0.25, 0.3) is 0 Å². The Kier molecular flexibility index (Phi) is 4.81. The van der Waals surface area contributed by atoms with Crippen LogP contribution in [-0.2, 0) is 0 Å². The Labute approximate surface area is 180 Å². The van der Waals surface area contributed by atoms with E-state index in [9.17, 15) is 0 Å². The molecule has 0 atom stereocenters. The van der Waals surface area contributed by atoms with Gasteiger partial charge in [0.05, 0.1) is 0 Å². The average molecular weight is 403 g/mol. The fraction of sp³-hybridized carbons (Fsp3) is 0.0370. The highest BCUT2D eigenvalue weighted by Crippen LogP contribution is 2.35. The summed E-state index contributed by atoms with van der Waals surface area (Å²) in [6.45, 7) is 0. The Morgan fingerprint density at radius 1 is 0.742 bits per heavy atom. The summed E-state index contributed by atoms with van der Waals surface area (Å²) in [6, 6.07) is 32.3. The quantitative estimate of drug-likeness (QED) is 0.295. The third-order valence-electron chi connectivity index (χ3n) is 5.35. The molecule has 4 aromatic carbocycles. The molecule has 0 fully saturated rings. The smallest absolute Gasteiger partial charge is 0.156 e. The molecule has 0 radical (unpaired) electrons. The van der Waals surface area contributed by atoms with E-state index in [4.69, 9.17) is 10.2 Å². The van der Waals surface area contributed by atoms with E-state index >= 15 is 0 Å². The first kappa shape index (κ1) is 18.8. The van der Waals surface area contributed by atoms with E-state index in [1.807, 2.05) is 66.7 Å². The fourth-order valence-corrected chi connectivity index (χ4v) is 3.81. The monoisotopic (exact) mass is 403 g/mol. The topological polar surface area (TPSA) is 63.9 Å². The van der Waals surface area contributed by atoms with Crippen LogP contribution < -0.4 is 5.73 Å². The molecule has 0 saturated heterocycles. The van der Waals surface area contributed by atoms with Gasteiger partial charge in [0.2, 0.25) is 0 Å². The van der Waals surface area contributed by atoms with Crippen LogP contribution in [0.15, 0.2) is 111 Å². The predicted octanol–water partition coefficient (Wildman–Crippen LogP) is 6.03. The molecule has 4 nitrogen and oxygen atoms in total. The van der Waals surface area contributed by atoms with Crippen LogP contribution >= 0.6 is 0 Å². The molecule has 0 amide bonds. The molecule has 31 heavy (non-hydrogen) atoms. The molecule has 150 valence electrons. The third-order valence-corrected chi connectivity index (χ3v) is 5.35. The lowest BCUT2D eigenvalue weighted by Gasteiger charge is -2.04. The van der Waals surface area contributed by atoms with Crippen molar-refractivity contribution in [3.63, 3.8) is 0 Å². The molecule has 0 aliphatic carbocycles. The first-order valence-electron chi connectivity index (χ1n) is 10.1.